The van der Waals surface area contributed by atoms with Crippen molar-refractivity contribution in [3.63, 3.8) is 0 Å². The van der Waals surface area contributed by atoms with E-state index in [1.165, 1.54) is 7.11 Å². The molecule has 0 N–H and O–H groups in total. The average Bonchev–Trinajstić information content (AvgIpc) is 2.71. The molecule has 0 saturated carbocycles. The zero-order valence-corrected chi connectivity index (χ0v) is 17.5. The maximum atomic E-state index is 12.8. The van der Waals surface area contributed by atoms with Crippen molar-refractivity contribution < 1.29 is 23.5 Å². The van der Waals surface area contributed by atoms with E-state index < -0.39 is 11.5 Å². The molecular formula is C22H27NO6. The molecule has 2 heterocycles. The number of amides is 1. The summed E-state index contributed by atoms with van der Waals surface area (Å²) in [6.45, 7) is 8.12. The molecule has 0 bridgehead atoms. The van der Waals surface area contributed by atoms with Gasteiger partial charge < -0.3 is 18.8 Å². The summed E-state index contributed by atoms with van der Waals surface area (Å²) in [5.41, 5.74) is 0.953. The highest BCUT2D eigenvalue weighted by Gasteiger charge is 2.39. The van der Waals surface area contributed by atoms with Crippen molar-refractivity contribution in [1.29, 1.82) is 0 Å². The number of esters is 1. The van der Waals surface area contributed by atoms with E-state index in [-0.39, 0.29) is 17.5 Å². The summed E-state index contributed by atoms with van der Waals surface area (Å²) < 4.78 is 16.1. The van der Waals surface area contributed by atoms with Crippen LogP contribution in [0.5, 0.6) is 5.75 Å². The van der Waals surface area contributed by atoms with Gasteiger partial charge in [0.1, 0.15) is 11.3 Å². The van der Waals surface area contributed by atoms with Crippen LogP contribution in [0.1, 0.15) is 37.8 Å². The molecule has 1 aliphatic rings. The summed E-state index contributed by atoms with van der Waals surface area (Å²) in [5, 5.41) is 0.839. The predicted molar refractivity (Wildman–Crippen MR) is 108 cm³/mol. The molecule has 29 heavy (non-hydrogen) atoms. The number of carbonyl (C=O) groups excluding carboxylic acids is 2. The molecule has 156 valence electrons. The molecule has 0 spiro atoms. The van der Waals surface area contributed by atoms with Crippen LogP contribution in [0.2, 0.25) is 0 Å². The van der Waals surface area contributed by atoms with Crippen molar-refractivity contribution >= 4 is 22.8 Å². The number of fused-ring (bicyclic) bond motifs is 1. The van der Waals surface area contributed by atoms with Crippen molar-refractivity contribution in [3.8, 4) is 5.75 Å². The van der Waals surface area contributed by atoms with Crippen LogP contribution in [0.3, 0.4) is 0 Å². The van der Waals surface area contributed by atoms with Gasteiger partial charge in [0.15, 0.2) is 6.10 Å². The fourth-order valence-corrected chi connectivity index (χ4v) is 3.68. The number of carbonyl (C=O) groups is 2. The Bertz CT molecular complexity index is 1000. The first-order chi connectivity index (χ1) is 13.7. The lowest BCUT2D eigenvalue weighted by Gasteiger charge is -2.38. The number of likely N-dealkylation sites (tertiary alicyclic amines) is 1. The van der Waals surface area contributed by atoms with Gasteiger partial charge in [-0.05, 0) is 58.2 Å². The summed E-state index contributed by atoms with van der Waals surface area (Å²) in [5.74, 6) is 0.0804. The molecule has 3 rings (SSSR count). The molecule has 0 aliphatic carbocycles. The van der Waals surface area contributed by atoms with Crippen LogP contribution in [-0.2, 0) is 14.3 Å². The van der Waals surface area contributed by atoms with Gasteiger partial charge in [0.25, 0.3) is 5.91 Å². The van der Waals surface area contributed by atoms with Crippen LogP contribution in [0.4, 0.5) is 0 Å². The van der Waals surface area contributed by atoms with Gasteiger partial charge in [0, 0.05) is 30.1 Å². The van der Waals surface area contributed by atoms with Crippen molar-refractivity contribution in [1.82, 2.24) is 4.90 Å². The van der Waals surface area contributed by atoms with E-state index in [1.54, 1.807) is 30.9 Å². The van der Waals surface area contributed by atoms with Gasteiger partial charge >= 0.3 is 11.6 Å². The maximum Gasteiger partial charge on any atom is 0.339 e. The molecule has 1 atom stereocenters. The lowest BCUT2D eigenvalue weighted by atomic mass is 9.80. The average molecular weight is 401 g/mol. The molecule has 7 heteroatoms. The highest BCUT2D eigenvalue weighted by Crippen LogP contribution is 2.32. The number of benzene rings is 1. The number of nitrogens with zero attached hydrogens (tertiary/aromatic N) is 1. The fourth-order valence-electron chi connectivity index (χ4n) is 3.68. The van der Waals surface area contributed by atoms with Gasteiger partial charge in [-0.2, -0.15) is 0 Å². The second-order valence-corrected chi connectivity index (χ2v) is 7.94. The molecule has 1 fully saturated rings. The molecule has 0 radical (unpaired) electrons. The lowest BCUT2D eigenvalue weighted by molar-refractivity contribution is -0.157. The lowest BCUT2D eigenvalue weighted by Crippen LogP contribution is -2.49. The van der Waals surface area contributed by atoms with Crippen molar-refractivity contribution in [2.24, 2.45) is 5.41 Å². The number of rotatable bonds is 4. The van der Waals surface area contributed by atoms with Crippen molar-refractivity contribution in [2.75, 3.05) is 20.2 Å². The molecule has 1 saturated heterocycles. The summed E-state index contributed by atoms with van der Waals surface area (Å²) in [7, 11) is 1.38. The van der Waals surface area contributed by atoms with Crippen molar-refractivity contribution in [2.45, 2.75) is 46.6 Å². The Morgan fingerprint density at radius 3 is 2.45 bits per heavy atom. The van der Waals surface area contributed by atoms with Gasteiger partial charge in [0.2, 0.25) is 0 Å². The Morgan fingerprint density at radius 1 is 1.17 bits per heavy atom. The molecule has 1 aromatic heterocycles. The second-order valence-electron chi connectivity index (χ2n) is 7.94. The van der Waals surface area contributed by atoms with Gasteiger partial charge in [-0.3, -0.25) is 9.59 Å². The minimum absolute atomic E-state index is 0.140. The quantitative estimate of drug-likeness (QED) is 0.578. The Labute approximate surface area is 169 Å². The van der Waals surface area contributed by atoms with Crippen LogP contribution < -0.4 is 10.4 Å². The van der Waals surface area contributed by atoms with Gasteiger partial charge in [-0.25, -0.2) is 4.79 Å². The number of methoxy groups -OCH3 is 1. The van der Waals surface area contributed by atoms with E-state index >= 15 is 0 Å². The van der Waals surface area contributed by atoms with E-state index in [1.807, 2.05) is 19.9 Å². The van der Waals surface area contributed by atoms with Gasteiger partial charge in [-0.1, -0.05) is 0 Å². The number of aryl methyl sites for hydroxylation is 1. The summed E-state index contributed by atoms with van der Waals surface area (Å²) in [4.78, 5) is 38.4. The van der Waals surface area contributed by atoms with E-state index in [2.05, 4.69) is 0 Å². The Hall–Kier alpha value is -2.83. The summed E-state index contributed by atoms with van der Waals surface area (Å²) >= 11 is 0. The molecule has 7 nitrogen and oxygen atoms in total. The zero-order chi connectivity index (χ0) is 21.3. The highest BCUT2D eigenvalue weighted by atomic mass is 16.5. The largest absolute Gasteiger partial charge is 0.481 e. The fraction of sp³-hybridized carbons (Fsp3) is 0.500. The highest BCUT2D eigenvalue weighted by molar-refractivity contribution is 5.84. The number of hydrogen-bond acceptors (Lipinski definition) is 6. The van der Waals surface area contributed by atoms with Crippen LogP contribution in [0, 0.1) is 19.3 Å². The van der Waals surface area contributed by atoms with Crippen LogP contribution in [0.15, 0.2) is 27.4 Å². The molecule has 2 aromatic rings. The SMILES string of the molecule is COC(=O)C1(C)CCN(C(=O)C(C)Oc2ccc3c(C)c(C)c(=O)oc3c2)CC1. The zero-order valence-electron chi connectivity index (χ0n) is 17.5. The third kappa shape index (κ3) is 3.99. The smallest absolute Gasteiger partial charge is 0.339 e. The molecule has 1 aromatic carbocycles. The minimum atomic E-state index is -0.701. The summed E-state index contributed by atoms with van der Waals surface area (Å²) in [6, 6.07) is 5.23. The predicted octanol–water partition coefficient (Wildman–Crippen LogP) is 2.98. The van der Waals surface area contributed by atoms with E-state index in [0.717, 1.165) is 10.9 Å². The normalized spacial score (nSPS) is 17.1. The van der Waals surface area contributed by atoms with E-state index in [0.29, 0.717) is 42.8 Å². The maximum absolute atomic E-state index is 12.8. The molecular weight excluding hydrogens is 374 g/mol. The van der Waals surface area contributed by atoms with Crippen LogP contribution >= 0.6 is 0 Å². The Balaban J connectivity index is 1.69. The first kappa shape index (κ1) is 20.9. The third-order valence-electron chi connectivity index (χ3n) is 5.95. The number of hydrogen-bond donors (Lipinski definition) is 0. The first-order valence-corrected chi connectivity index (χ1v) is 9.74. The Kier molecular flexibility index (Phi) is 5.68. The number of piperidine rings is 1. The van der Waals surface area contributed by atoms with E-state index in [9.17, 15) is 14.4 Å². The molecule has 1 aliphatic heterocycles. The monoisotopic (exact) mass is 401 g/mol. The van der Waals surface area contributed by atoms with Crippen LogP contribution in [-0.4, -0.2) is 43.1 Å². The second kappa shape index (κ2) is 7.89. The minimum Gasteiger partial charge on any atom is -0.481 e. The Morgan fingerprint density at radius 2 is 1.83 bits per heavy atom. The van der Waals surface area contributed by atoms with Crippen molar-refractivity contribution in [3.05, 3.63) is 39.7 Å². The molecule has 1 amide bonds. The van der Waals surface area contributed by atoms with Gasteiger partial charge in [0.05, 0.1) is 12.5 Å². The standard InChI is InChI=1S/C22H27NO6/c1-13-14(2)20(25)29-18-12-16(6-7-17(13)18)28-15(3)19(24)23-10-8-22(4,9-11-23)21(26)27-5/h6-7,12,15H,8-11H2,1-5H3. The van der Waals surface area contributed by atoms with Crippen LogP contribution in [0.25, 0.3) is 11.0 Å². The summed E-state index contributed by atoms with van der Waals surface area (Å²) in [6.07, 6.45) is 0.406. The topological polar surface area (TPSA) is 86.0 Å². The first-order valence-electron chi connectivity index (χ1n) is 9.74. The molecule has 1 unspecified atom stereocenters. The van der Waals surface area contributed by atoms with E-state index in [4.69, 9.17) is 13.9 Å². The number of ether oxygens (including phenoxy) is 2. The van der Waals surface area contributed by atoms with Gasteiger partial charge in [-0.15, -0.1) is 0 Å². The third-order valence-corrected chi connectivity index (χ3v) is 5.95.